The summed E-state index contributed by atoms with van der Waals surface area (Å²) in [6.45, 7) is 0.814. The molecule has 1 heterocycles. The lowest BCUT2D eigenvalue weighted by molar-refractivity contribution is 0.0567. The van der Waals surface area contributed by atoms with Crippen LogP contribution in [0.5, 0.6) is 0 Å². The van der Waals surface area contributed by atoms with Crippen LogP contribution < -0.4 is 4.72 Å². The zero-order valence-corrected chi connectivity index (χ0v) is 12.6. The van der Waals surface area contributed by atoms with E-state index < -0.39 is 15.3 Å². The first-order chi connectivity index (χ1) is 10.1. The van der Waals surface area contributed by atoms with Crippen LogP contribution in [-0.4, -0.2) is 32.9 Å². The van der Waals surface area contributed by atoms with Crippen LogP contribution in [0, 0.1) is 11.7 Å². The van der Waals surface area contributed by atoms with Crippen LogP contribution in [0.15, 0.2) is 24.3 Å². The van der Waals surface area contributed by atoms with Crippen LogP contribution in [-0.2, 0) is 21.2 Å². The summed E-state index contributed by atoms with van der Waals surface area (Å²) >= 11 is 0. The predicted octanol–water partition coefficient (Wildman–Crippen LogP) is 1.86. The zero-order valence-electron chi connectivity index (χ0n) is 11.8. The second-order valence-corrected chi connectivity index (χ2v) is 7.83. The molecule has 21 heavy (non-hydrogen) atoms. The summed E-state index contributed by atoms with van der Waals surface area (Å²) in [4.78, 5) is 0. The molecule has 0 aromatic heterocycles. The number of ether oxygens (including phenoxy) is 1. The van der Waals surface area contributed by atoms with E-state index in [1.165, 1.54) is 6.07 Å². The first-order valence-corrected chi connectivity index (χ1v) is 8.93. The van der Waals surface area contributed by atoms with Crippen LogP contribution in [0.1, 0.15) is 24.8 Å². The van der Waals surface area contributed by atoms with Gasteiger partial charge in [0.25, 0.3) is 0 Å². The summed E-state index contributed by atoms with van der Waals surface area (Å²) < 4.78 is 46.9. The molecule has 116 valence electrons. The SMILES string of the molecule is O=S(=O)(NC1CC1)[C@H]1CCOC[C@H]1Cc1ccccc1F. The molecule has 2 fully saturated rings. The van der Waals surface area contributed by atoms with E-state index in [-0.39, 0.29) is 17.8 Å². The van der Waals surface area contributed by atoms with Crippen molar-refractivity contribution in [2.45, 2.75) is 37.0 Å². The molecule has 0 amide bonds. The van der Waals surface area contributed by atoms with Gasteiger partial charge in [-0.2, -0.15) is 0 Å². The number of benzene rings is 1. The number of nitrogens with one attached hydrogen (secondary N) is 1. The molecule has 0 bridgehead atoms. The minimum atomic E-state index is -3.35. The van der Waals surface area contributed by atoms with Crippen molar-refractivity contribution in [2.24, 2.45) is 5.92 Å². The van der Waals surface area contributed by atoms with E-state index >= 15 is 0 Å². The molecule has 1 saturated carbocycles. The highest BCUT2D eigenvalue weighted by atomic mass is 32.2. The Bertz CT molecular complexity index is 601. The third-order valence-electron chi connectivity index (χ3n) is 4.15. The summed E-state index contributed by atoms with van der Waals surface area (Å²) in [5, 5.41) is -0.494. The summed E-state index contributed by atoms with van der Waals surface area (Å²) in [6.07, 6.45) is 2.70. The lowest BCUT2D eigenvalue weighted by atomic mass is 9.93. The van der Waals surface area contributed by atoms with Gasteiger partial charge in [-0.05, 0) is 37.3 Å². The number of hydrogen-bond acceptors (Lipinski definition) is 3. The van der Waals surface area contributed by atoms with E-state index in [0.29, 0.717) is 31.6 Å². The monoisotopic (exact) mass is 313 g/mol. The Morgan fingerprint density at radius 2 is 2.00 bits per heavy atom. The minimum absolute atomic E-state index is 0.104. The molecule has 1 aromatic carbocycles. The molecule has 0 unspecified atom stereocenters. The smallest absolute Gasteiger partial charge is 0.215 e. The zero-order chi connectivity index (χ0) is 14.9. The lowest BCUT2D eigenvalue weighted by Gasteiger charge is -2.31. The minimum Gasteiger partial charge on any atom is -0.381 e. The Hall–Kier alpha value is -0.980. The molecule has 3 rings (SSSR count). The predicted molar refractivity (Wildman–Crippen MR) is 77.9 cm³/mol. The average molecular weight is 313 g/mol. The molecule has 1 aromatic rings. The van der Waals surface area contributed by atoms with Gasteiger partial charge in [-0.3, -0.25) is 0 Å². The number of hydrogen-bond donors (Lipinski definition) is 1. The molecule has 4 nitrogen and oxygen atoms in total. The molecule has 0 radical (unpaired) electrons. The Morgan fingerprint density at radius 1 is 1.24 bits per heavy atom. The van der Waals surface area contributed by atoms with Crippen molar-refractivity contribution in [3.63, 3.8) is 0 Å². The average Bonchev–Trinajstić information content (AvgIpc) is 3.25. The topological polar surface area (TPSA) is 55.4 Å². The van der Waals surface area contributed by atoms with E-state index in [0.717, 1.165) is 12.8 Å². The quantitative estimate of drug-likeness (QED) is 0.902. The molecular weight excluding hydrogens is 293 g/mol. The third-order valence-corrected chi connectivity index (χ3v) is 6.23. The summed E-state index contributed by atoms with van der Waals surface area (Å²) in [6, 6.07) is 6.63. The molecule has 0 spiro atoms. The van der Waals surface area contributed by atoms with Crippen molar-refractivity contribution in [1.29, 1.82) is 0 Å². The van der Waals surface area contributed by atoms with Gasteiger partial charge in [0.05, 0.1) is 11.9 Å². The van der Waals surface area contributed by atoms with Gasteiger partial charge < -0.3 is 4.74 Å². The van der Waals surface area contributed by atoms with Gasteiger partial charge in [-0.25, -0.2) is 17.5 Å². The van der Waals surface area contributed by atoms with E-state index in [1.807, 2.05) is 0 Å². The van der Waals surface area contributed by atoms with Crippen molar-refractivity contribution in [3.8, 4) is 0 Å². The van der Waals surface area contributed by atoms with E-state index in [1.54, 1.807) is 18.2 Å². The number of rotatable bonds is 5. The second kappa shape index (κ2) is 6.02. The van der Waals surface area contributed by atoms with E-state index in [2.05, 4.69) is 4.72 Å². The normalized spacial score (nSPS) is 26.7. The molecule has 1 saturated heterocycles. The number of halogens is 1. The highest BCUT2D eigenvalue weighted by Crippen LogP contribution is 2.28. The maximum absolute atomic E-state index is 13.8. The van der Waals surface area contributed by atoms with Crippen LogP contribution in [0.2, 0.25) is 0 Å². The standard InChI is InChI=1S/C15H20FNO3S/c16-14-4-2-1-3-11(14)9-12-10-20-8-7-15(12)21(18,19)17-13-5-6-13/h1-4,12-13,15,17H,5-10H2/t12-,15+/m1/s1. The van der Waals surface area contributed by atoms with Gasteiger partial charge in [0, 0.05) is 18.6 Å². The highest BCUT2D eigenvalue weighted by molar-refractivity contribution is 7.90. The first kappa shape index (κ1) is 14.9. The van der Waals surface area contributed by atoms with Crippen molar-refractivity contribution in [2.75, 3.05) is 13.2 Å². The Kier molecular flexibility index (Phi) is 4.28. The largest absolute Gasteiger partial charge is 0.381 e. The van der Waals surface area contributed by atoms with Gasteiger partial charge in [0.2, 0.25) is 10.0 Å². The highest BCUT2D eigenvalue weighted by Gasteiger charge is 2.39. The Balaban J connectivity index is 1.76. The van der Waals surface area contributed by atoms with Gasteiger partial charge in [0.15, 0.2) is 0 Å². The van der Waals surface area contributed by atoms with Crippen molar-refractivity contribution < 1.29 is 17.5 Å². The van der Waals surface area contributed by atoms with Crippen molar-refractivity contribution >= 4 is 10.0 Å². The molecule has 1 N–H and O–H groups in total. The van der Waals surface area contributed by atoms with E-state index in [4.69, 9.17) is 4.74 Å². The molecular formula is C15H20FNO3S. The lowest BCUT2D eigenvalue weighted by Crippen LogP contribution is -2.45. The van der Waals surface area contributed by atoms with Gasteiger partial charge in [0.1, 0.15) is 5.82 Å². The fraction of sp³-hybridized carbons (Fsp3) is 0.600. The molecule has 1 aliphatic carbocycles. The fourth-order valence-corrected chi connectivity index (χ4v) is 4.81. The molecule has 2 atom stereocenters. The summed E-state index contributed by atoms with van der Waals surface area (Å²) in [7, 11) is -3.35. The van der Waals surface area contributed by atoms with E-state index in [9.17, 15) is 12.8 Å². The summed E-state index contributed by atoms with van der Waals surface area (Å²) in [5.41, 5.74) is 0.555. The van der Waals surface area contributed by atoms with Gasteiger partial charge >= 0.3 is 0 Å². The van der Waals surface area contributed by atoms with Crippen molar-refractivity contribution in [3.05, 3.63) is 35.6 Å². The summed E-state index contributed by atoms with van der Waals surface area (Å²) in [5.74, 6) is -0.485. The molecule has 2 aliphatic rings. The molecule has 6 heteroatoms. The Morgan fingerprint density at radius 3 is 2.71 bits per heavy atom. The third kappa shape index (κ3) is 3.62. The first-order valence-electron chi connectivity index (χ1n) is 7.38. The van der Waals surface area contributed by atoms with Crippen LogP contribution in [0.25, 0.3) is 0 Å². The van der Waals surface area contributed by atoms with Crippen LogP contribution >= 0.6 is 0 Å². The maximum Gasteiger partial charge on any atom is 0.215 e. The van der Waals surface area contributed by atoms with Gasteiger partial charge in [-0.1, -0.05) is 18.2 Å². The van der Waals surface area contributed by atoms with Crippen LogP contribution in [0.3, 0.4) is 0 Å². The van der Waals surface area contributed by atoms with Gasteiger partial charge in [-0.15, -0.1) is 0 Å². The fourth-order valence-electron chi connectivity index (χ4n) is 2.84. The second-order valence-electron chi connectivity index (χ2n) is 5.89. The van der Waals surface area contributed by atoms with Crippen LogP contribution in [0.4, 0.5) is 4.39 Å². The molecule has 1 aliphatic heterocycles. The number of sulfonamides is 1. The maximum atomic E-state index is 13.8. The Labute approximate surface area is 124 Å². The van der Waals surface area contributed by atoms with Crippen molar-refractivity contribution in [1.82, 2.24) is 4.72 Å².